The van der Waals surface area contributed by atoms with Gasteiger partial charge in [-0.1, -0.05) is 35.6 Å². The lowest BCUT2D eigenvalue weighted by molar-refractivity contribution is -0.385. The molecule has 4 rings (SSSR count). The number of esters is 1. The first-order chi connectivity index (χ1) is 16.7. The summed E-state index contributed by atoms with van der Waals surface area (Å²) in [5, 5.41) is 11.4. The summed E-state index contributed by atoms with van der Waals surface area (Å²) in [5.74, 6) is 0.0691. The number of allylic oxidation sites excluding steroid dienone is 1. The summed E-state index contributed by atoms with van der Waals surface area (Å²) in [5.41, 5.74) is 1.16. The topological polar surface area (TPSA) is 113 Å². The summed E-state index contributed by atoms with van der Waals surface area (Å²) in [7, 11) is 1.55. The van der Waals surface area contributed by atoms with Crippen LogP contribution in [0.15, 0.2) is 69.6 Å². The van der Waals surface area contributed by atoms with Crippen LogP contribution in [0.1, 0.15) is 37.9 Å². The minimum Gasteiger partial charge on any atom is -0.497 e. The first kappa shape index (κ1) is 24.1. The van der Waals surface area contributed by atoms with E-state index < -0.39 is 22.5 Å². The molecule has 1 aromatic heterocycles. The van der Waals surface area contributed by atoms with E-state index in [1.807, 2.05) is 0 Å². The van der Waals surface area contributed by atoms with Gasteiger partial charge in [-0.2, -0.15) is 0 Å². The number of hydrogen-bond acceptors (Lipinski definition) is 8. The molecule has 0 bridgehead atoms. The molecule has 3 aromatic rings. The smallest absolute Gasteiger partial charge is 0.338 e. The van der Waals surface area contributed by atoms with E-state index in [1.165, 1.54) is 16.7 Å². The summed E-state index contributed by atoms with van der Waals surface area (Å²) < 4.78 is 12.4. The fourth-order valence-electron chi connectivity index (χ4n) is 3.88. The molecule has 0 N–H and O–H groups in total. The van der Waals surface area contributed by atoms with Crippen molar-refractivity contribution in [2.45, 2.75) is 32.9 Å². The molecule has 0 fully saturated rings. The van der Waals surface area contributed by atoms with Gasteiger partial charge in [-0.25, -0.2) is 9.79 Å². The molecular formula is C25H23N3O6S. The van der Waals surface area contributed by atoms with Gasteiger partial charge in [-0.05, 0) is 50.6 Å². The Morgan fingerprint density at radius 1 is 1.20 bits per heavy atom. The van der Waals surface area contributed by atoms with Gasteiger partial charge < -0.3 is 9.47 Å². The Morgan fingerprint density at radius 3 is 2.51 bits per heavy atom. The number of nitrogens with zero attached hydrogens (tertiary/aromatic N) is 3. The van der Waals surface area contributed by atoms with Gasteiger partial charge in [-0.3, -0.25) is 19.5 Å². The molecule has 0 aliphatic carbocycles. The minimum absolute atomic E-state index is 0.109. The van der Waals surface area contributed by atoms with E-state index in [9.17, 15) is 19.7 Å². The summed E-state index contributed by atoms with van der Waals surface area (Å²) in [6.07, 6.45) is 1.13. The van der Waals surface area contributed by atoms with E-state index in [0.717, 1.165) is 11.3 Å². The largest absolute Gasteiger partial charge is 0.497 e. The first-order valence-electron chi connectivity index (χ1n) is 10.8. The summed E-state index contributed by atoms with van der Waals surface area (Å²) in [4.78, 5) is 42.6. The van der Waals surface area contributed by atoms with E-state index in [2.05, 4.69) is 4.99 Å². The highest BCUT2D eigenvalue weighted by atomic mass is 32.1. The van der Waals surface area contributed by atoms with E-state index in [4.69, 9.17) is 9.47 Å². The highest BCUT2D eigenvalue weighted by molar-refractivity contribution is 7.07. The van der Waals surface area contributed by atoms with E-state index in [-0.39, 0.29) is 21.9 Å². The maximum atomic E-state index is 13.6. The molecule has 0 spiro atoms. The highest BCUT2D eigenvalue weighted by Crippen LogP contribution is 2.32. The van der Waals surface area contributed by atoms with Crippen LogP contribution < -0.4 is 19.6 Å². The monoisotopic (exact) mass is 493 g/mol. The Balaban J connectivity index is 1.96. The number of nitro benzene ring substituents is 1. The van der Waals surface area contributed by atoms with Crippen molar-refractivity contribution in [2.75, 3.05) is 7.11 Å². The van der Waals surface area contributed by atoms with Crippen LogP contribution in [0.2, 0.25) is 0 Å². The number of rotatable bonds is 6. The molecule has 1 atom stereocenters. The van der Waals surface area contributed by atoms with Crippen molar-refractivity contribution in [3.63, 3.8) is 0 Å². The fraction of sp³-hybridized carbons (Fsp3) is 0.240. The number of benzene rings is 2. The van der Waals surface area contributed by atoms with Crippen molar-refractivity contribution < 1.29 is 19.2 Å². The van der Waals surface area contributed by atoms with Crippen LogP contribution in [0, 0.1) is 10.1 Å². The number of carbonyl (C=O) groups is 1. The van der Waals surface area contributed by atoms with Crippen molar-refractivity contribution in [2.24, 2.45) is 4.99 Å². The van der Waals surface area contributed by atoms with Gasteiger partial charge in [0.15, 0.2) is 4.80 Å². The summed E-state index contributed by atoms with van der Waals surface area (Å²) >= 11 is 1.11. The number of aromatic nitrogens is 1. The molecule has 0 unspecified atom stereocenters. The summed E-state index contributed by atoms with van der Waals surface area (Å²) in [6, 6.07) is 12.5. The third kappa shape index (κ3) is 4.65. The second-order valence-corrected chi connectivity index (χ2v) is 9.13. The molecular weight excluding hydrogens is 470 g/mol. The van der Waals surface area contributed by atoms with Crippen LogP contribution in [0.5, 0.6) is 5.75 Å². The van der Waals surface area contributed by atoms with Gasteiger partial charge in [0.05, 0.1) is 45.5 Å². The molecule has 180 valence electrons. The zero-order valence-corrected chi connectivity index (χ0v) is 20.4. The quantitative estimate of drug-likeness (QED) is 0.296. The van der Waals surface area contributed by atoms with Gasteiger partial charge >= 0.3 is 5.97 Å². The van der Waals surface area contributed by atoms with Gasteiger partial charge in [0, 0.05) is 6.07 Å². The van der Waals surface area contributed by atoms with Crippen LogP contribution in [0.25, 0.3) is 6.08 Å². The average molecular weight is 494 g/mol. The SMILES string of the molecule is COc1ccc([C@H]2C(C(=O)OC(C)C)=C(C)N=c3s/c(=C/c4ccccc4[N+](=O)[O-])c(=O)n32)cc1. The molecule has 9 nitrogen and oxygen atoms in total. The van der Waals surface area contributed by atoms with Crippen molar-refractivity contribution in [1.82, 2.24) is 4.57 Å². The predicted octanol–water partition coefficient (Wildman–Crippen LogP) is 3.10. The number of methoxy groups -OCH3 is 1. The van der Waals surface area contributed by atoms with Crippen molar-refractivity contribution in [3.8, 4) is 5.75 Å². The average Bonchev–Trinajstić information content (AvgIpc) is 3.12. The maximum Gasteiger partial charge on any atom is 0.338 e. The van der Waals surface area contributed by atoms with Crippen LogP contribution in [-0.4, -0.2) is 28.7 Å². The minimum atomic E-state index is -0.781. The lowest BCUT2D eigenvalue weighted by Gasteiger charge is -2.25. The number of nitro groups is 1. The molecule has 0 amide bonds. The van der Waals surface area contributed by atoms with Crippen LogP contribution in [0.4, 0.5) is 5.69 Å². The lowest BCUT2D eigenvalue weighted by atomic mass is 9.96. The molecule has 2 aromatic carbocycles. The third-order valence-electron chi connectivity index (χ3n) is 5.44. The third-order valence-corrected chi connectivity index (χ3v) is 6.42. The second kappa shape index (κ2) is 9.67. The van der Waals surface area contributed by atoms with Crippen LogP contribution in [0.3, 0.4) is 0 Å². The molecule has 0 radical (unpaired) electrons. The van der Waals surface area contributed by atoms with Crippen molar-refractivity contribution in [3.05, 3.63) is 101 Å². The molecule has 1 aliphatic rings. The Bertz CT molecular complexity index is 1520. The second-order valence-electron chi connectivity index (χ2n) is 8.12. The Kier molecular flexibility index (Phi) is 6.65. The van der Waals surface area contributed by atoms with Gasteiger partial charge in [0.1, 0.15) is 5.75 Å². The zero-order valence-electron chi connectivity index (χ0n) is 19.6. The Labute approximate surface area is 204 Å². The number of para-hydroxylation sites is 1. The summed E-state index contributed by atoms with van der Waals surface area (Å²) in [6.45, 7) is 5.20. The molecule has 35 heavy (non-hydrogen) atoms. The van der Waals surface area contributed by atoms with Crippen LogP contribution >= 0.6 is 11.3 Å². The molecule has 2 heterocycles. The van der Waals surface area contributed by atoms with E-state index in [1.54, 1.807) is 70.3 Å². The van der Waals surface area contributed by atoms with Gasteiger partial charge in [-0.15, -0.1) is 0 Å². The standard InChI is InChI=1S/C25H23N3O6S/c1-14(2)34-24(30)21-15(3)26-25-27(22(21)16-9-11-18(33-4)12-10-16)23(29)20(35-25)13-17-7-5-6-8-19(17)28(31)32/h5-14,22H,1-4H3/b20-13+/t22-/m0/s1. The Hall–Kier alpha value is -4.05. The molecule has 0 saturated heterocycles. The van der Waals surface area contributed by atoms with Crippen molar-refractivity contribution in [1.29, 1.82) is 0 Å². The number of thiazole rings is 1. The van der Waals surface area contributed by atoms with Gasteiger partial charge in [0.25, 0.3) is 11.2 Å². The molecule has 10 heteroatoms. The maximum absolute atomic E-state index is 13.6. The molecule has 0 saturated carbocycles. The highest BCUT2D eigenvalue weighted by Gasteiger charge is 2.33. The van der Waals surface area contributed by atoms with E-state index >= 15 is 0 Å². The van der Waals surface area contributed by atoms with Gasteiger partial charge in [0.2, 0.25) is 0 Å². The van der Waals surface area contributed by atoms with Crippen LogP contribution in [-0.2, 0) is 9.53 Å². The lowest BCUT2D eigenvalue weighted by Crippen LogP contribution is -2.40. The normalized spacial score (nSPS) is 15.6. The zero-order chi connectivity index (χ0) is 25.3. The first-order valence-corrected chi connectivity index (χ1v) is 11.6. The number of ether oxygens (including phenoxy) is 2. The predicted molar refractivity (Wildman–Crippen MR) is 131 cm³/mol. The van der Waals surface area contributed by atoms with Crippen molar-refractivity contribution >= 4 is 29.1 Å². The number of carbonyl (C=O) groups excluding carboxylic acids is 1. The Morgan fingerprint density at radius 2 is 1.89 bits per heavy atom. The number of hydrogen-bond donors (Lipinski definition) is 0. The van der Waals surface area contributed by atoms with E-state index in [0.29, 0.717) is 27.4 Å². The molecule has 1 aliphatic heterocycles. The fourth-order valence-corrected chi connectivity index (χ4v) is 4.92. The number of fused-ring (bicyclic) bond motifs is 1.